The number of ether oxygens (including phenoxy) is 1. The Hall–Kier alpha value is -4.02. The van der Waals surface area contributed by atoms with Crippen molar-refractivity contribution in [3.05, 3.63) is 148 Å². The molecule has 1 aliphatic rings. The van der Waals surface area contributed by atoms with Crippen LogP contribution in [-0.2, 0) is 15.9 Å². The average Bonchev–Trinajstić information content (AvgIpc) is 2.90. The molecule has 0 bridgehead atoms. The number of aromatic nitrogens is 2. The molecule has 0 amide bonds. The lowest BCUT2D eigenvalue weighted by Gasteiger charge is -2.59. The van der Waals surface area contributed by atoms with Crippen molar-refractivity contribution in [3.8, 4) is 0 Å². The highest BCUT2D eigenvalue weighted by Gasteiger charge is 2.69. The standard InChI is InChI=1S/C30H24N2O2/c1-2-34-30(24-18-10-5-11-19-24)29(22-14-6-3-7-15-22,23-16-8-4-9-17-23)28-31-26-21-13-12-20-25(26)27(33)32(28)30/h3-21H,2H2,1H3. The molecule has 1 unspecified atom stereocenters. The first-order valence-electron chi connectivity index (χ1n) is 11.6. The van der Waals surface area contributed by atoms with Gasteiger partial charge in [0.25, 0.3) is 5.56 Å². The third-order valence-corrected chi connectivity index (χ3v) is 6.87. The van der Waals surface area contributed by atoms with Gasteiger partial charge in [-0.15, -0.1) is 0 Å². The predicted molar refractivity (Wildman–Crippen MR) is 134 cm³/mol. The molecule has 0 saturated heterocycles. The molecule has 1 aromatic heterocycles. The highest BCUT2D eigenvalue weighted by Crippen LogP contribution is 2.60. The van der Waals surface area contributed by atoms with Crippen molar-refractivity contribution in [1.82, 2.24) is 9.55 Å². The maximum atomic E-state index is 14.1. The van der Waals surface area contributed by atoms with Crippen LogP contribution in [0.5, 0.6) is 0 Å². The van der Waals surface area contributed by atoms with Gasteiger partial charge in [0.2, 0.25) is 0 Å². The molecule has 0 saturated carbocycles. The molecule has 1 aliphatic heterocycles. The highest BCUT2D eigenvalue weighted by atomic mass is 16.5. The number of hydrogen-bond donors (Lipinski definition) is 0. The van der Waals surface area contributed by atoms with Gasteiger partial charge in [0.1, 0.15) is 11.2 Å². The Morgan fingerprint density at radius 2 is 1.21 bits per heavy atom. The zero-order valence-corrected chi connectivity index (χ0v) is 18.9. The first kappa shape index (κ1) is 20.6. The van der Waals surface area contributed by atoms with E-state index in [9.17, 15) is 4.79 Å². The Balaban J connectivity index is 1.86. The second kappa shape index (κ2) is 7.79. The Bertz CT molecular complexity index is 1490. The van der Waals surface area contributed by atoms with Crippen molar-refractivity contribution in [2.75, 3.05) is 6.61 Å². The van der Waals surface area contributed by atoms with E-state index in [0.29, 0.717) is 23.3 Å². The van der Waals surface area contributed by atoms with Gasteiger partial charge in [0, 0.05) is 12.2 Å². The van der Waals surface area contributed by atoms with Crippen LogP contribution in [-0.4, -0.2) is 16.2 Å². The maximum absolute atomic E-state index is 14.1. The monoisotopic (exact) mass is 444 g/mol. The van der Waals surface area contributed by atoms with Crippen LogP contribution in [0.15, 0.2) is 120 Å². The summed E-state index contributed by atoms with van der Waals surface area (Å²) in [7, 11) is 0. The van der Waals surface area contributed by atoms with Crippen LogP contribution in [0.2, 0.25) is 0 Å². The van der Waals surface area contributed by atoms with Crippen LogP contribution in [0, 0.1) is 0 Å². The summed E-state index contributed by atoms with van der Waals surface area (Å²) in [6, 6.07) is 38.2. The van der Waals surface area contributed by atoms with Crippen LogP contribution in [0.1, 0.15) is 29.4 Å². The van der Waals surface area contributed by atoms with E-state index in [2.05, 4.69) is 24.3 Å². The number of nitrogens with zero attached hydrogens (tertiary/aromatic N) is 2. The van der Waals surface area contributed by atoms with Gasteiger partial charge in [0.15, 0.2) is 5.72 Å². The van der Waals surface area contributed by atoms with Crippen molar-refractivity contribution in [2.24, 2.45) is 0 Å². The van der Waals surface area contributed by atoms with E-state index in [1.165, 1.54) is 0 Å². The lowest BCUT2D eigenvalue weighted by molar-refractivity contribution is -0.150. The molecule has 34 heavy (non-hydrogen) atoms. The molecule has 6 rings (SSSR count). The minimum atomic E-state index is -1.10. The molecule has 4 aromatic carbocycles. The van der Waals surface area contributed by atoms with Crippen molar-refractivity contribution in [3.63, 3.8) is 0 Å². The van der Waals surface area contributed by atoms with Crippen molar-refractivity contribution in [1.29, 1.82) is 0 Å². The van der Waals surface area contributed by atoms with E-state index >= 15 is 0 Å². The van der Waals surface area contributed by atoms with Gasteiger partial charge < -0.3 is 4.74 Å². The fraction of sp³-hybridized carbons (Fsp3) is 0.133. The van der Waals surface area contributed by atoms with E-state index in [1.807, 2.05) is 97.9 Å². The Kier molecular flexibility index (Phi) is 4.71. The first-order chi connectivity index (χ1) is 16.7. The summed E-state index contributed by atoms with van der Waals surface area (Å²) in [4.78, 5) is 19.2. The minimum absolute atomic E-state index is 0.0969. The normalized spacial score (nSPS) is 18.3. The third-order valence-electron chi connectivity index (χ3n) is 6.87. The number of rotatable bonds is 5. The largest absolute Gasteiger partial charge is 0.349 e. The summed E-state index contributed by atoms with van der Waals surface area (Å²) in [6.45, 7) is 2.40. The van der Waals surface area contributed by atoms with E-state index in [-0.39, 0.29) is 5.56 Å². The summed E-state index contributed by atoms with van der Waals surface area (Å²) in [5, 5.41) is 0.584. The molecule has 1 atom stereocenters. The molecule has 0 radical (unpaired) electrons. The molecular formula is C30H24N2O2. The summed E-state index contributed by atoms with van der Waals surface area (Å²) >= 11 is 0. The van der Waals surface area contributed by atoms with Crippen molar-refractivity contribution in [2.45, 2.75) is 18.1 Å². The Labute approximate surface area is 198 Å². The molecule has 5 aromatic rings. The van der Waals surface area contributed by atoms with E-state index < -0.39 is 11.1 Å². The molecule has 0 fully saturated rings. The van der Waals surface area contributed by atoms with Gasteiger partial charge in [-0.25, -0.2) is 4.98 Å². The fourth-order valence-corrected chi connectivity index (χ4v) is 5.61. The molecule has 0 spiro atoms. The quantitative estimate of drug-likeness (QED) is 0.360. The second-order valence-electron chi connectivity index (χ2n) is 8.52. The second-order valence-corrected chi connectivity index (χ2v) is 8.52. The van der Waals surface area contributed by atoms with E-state index in [1.54, 1.807) is 4.57 Å². The van der Waals surface area contributed by atoms with Crippen molar-refractivity contribution >= 4 is 10.9 Å². The summed E-state index contributed by atoms with van der Waals surface area (Å²) in [5.74, 6) is 0.686. The molecule has 4 nitrogen and oxygen atoms in total. The van der Waals surface area contributed by atoms with Gasteiger partial charge in [-0.2, -0.15) is 0 Å². The molecule has 0 N–H and O–H groups in total. The highest BCUT2D eigenvalue weighted by molar-refractivity contribution is 5.79. The summed E-state index contributed by atoms with van der Waals surface area (Å²) in [6.07, 6.45) is 0. The first-order valence-corrected chi connectivity index (χ1v) is 11.6. The van der Waals surface area contributed by atoms with Gasteiger partial charge in [-0.3, -0.25) is 9.36 Å². The third kappa shape index (κ3) is 2.52. The lowest BCUT2D eigenvalue weighted by Crippen LogP contribution is -2.71. The molecule has 0 aliphatic carbocycles. The zero-order valence-electron chi connectivity index (χ0n) is 18.9. The van der Waals surface area contributed by atoms with Gasteiger partial charge in [0.05, 0.1) is 10.9 Å². The van der Waals surface area contributed by atoms with E-state index in [4.69, 9.17) is 9.72 Å². The zero-order chi connectivity index (χ0) is 23.2. The molecule has 166 valence electrons. The summed E-state index contributed by atoms with van der Waals surface area (Å²) < 4.78 is 8.53. The van der Waals surface area contributed by atoms with Gasteiger partial charge >= 0.3 is 0 Å². The average molecular weight is 445 g/mol. The minimum Gasteiger partial charge on any atom is -0.349 e. The van der Waals surface area contributed by atoms with Crippen LogP contribution in [0.4, 0.5) is 0 Å². The number of hydrogen-bond acceptors (Lipinski definition) is 3. The lowest BCUT2D eigenvalue weighted by atomic mass is 9.58. The van der Waals surface area contributed by atoms with Gasteiger partial charge in [-0.05, 0) is 30.2 Å². The number of benzene rings is 4. The van der Waals surface area contributed by atoms with Crippen LogP contribution >= 0.6 is 0 Å². The van der Waals surface area contributed by atoms with Crippen LogP contribution < -0.4 is 5.56 Å². The predicted octanol–water partition coefficient (Wildman–Crippen LogP) is 5.48. The molecule has 2 heterocycles. The molecule has 4 heteroatoms. The fourth-order valence-electron chi connectivity index (χ4n) is 5.61. The maximum Gasteiger partial charge on any atom is 0.264 e. The smallest absolute Gasteiger partial charge is 0.264 e. The van der Waals surface area contributed by atoms with E-state index in [0.717, 1.165) is 16.7 Å². The van der Waals surface area contributed by atoms with Crippen LogP contribution in [0.25, 0.3) is 10.9 Å². The van der Waals surface area contributed by atoms with Gasteiger partial charge in [-0.1, -0.05) is 103 Å². The Morgan fingerprint density at radius 1 is 0.706 bits per heavy atom. The van der Waals surface area contributed by atoms with Crippen LogP contribution in [0.3, 0.4) is 0 Å². The number of fused-ring (bicyclic) bond motifs is 2. The van der Waals surface area contributed by atoms with Crippen molar-refractivity contribution < 1.29 is 4.74 Å². The molecular weight excluding hydrogens is 420 g/mol. The Morgan fingerprint density at radius 3 is 1.76 bits per heavy atom. The SMILES string of the molecule is CCOC1(c2ccccc2)n2c(nc3ccccc3c2=O)C1(c1ccccc1)c1ccccc1. The number of para-hydroxylation sites is 1. The topological polar surface area (TPSA) is 44.1 Å². The summed E-state index contributed by atoms with van der Waals surface area (Å²) in [5.41, 5.74) is 1.64.